The zero-order valence-electron chi connectivity index (χ0n) is 10.1. The Morgan fingerprint density at radius 3 is 2.53 bits per heavy atom. The first-order valence-corrected chi connectivity index (χ1v) is 5.98. The second-order valence-corrected chi connectivity index (χ2v) is 3.86. The van der Waals surface area contributed by atoms with E-state index in [-0.39, 0.29) is 6.10 Å². The average Bonchev–Trinajstić information content (AvgIpc) is 2.26. The van der Waals surface area contributed by atoms with Gasteiger partial charge in [-0.25, -0.2) is 0 Å². The maximum atomic E-state index is 10.1. The Kier molecular flexibility index (Phi) is 11.0. The van der Waals surface area contributed by atoms with Crippen LogP contribution < -0.4 is 0 Å². The summed E-state index contributed by atoms with van der Waals surface area (Å²) in [7, 11) is 1.74. The van der Waals surface area contributed by atoms with Gasteiger partial charge in [-0.1, -0.05) is 45.1 Å². The van der Waals surface area contributed by atoms with Crippen molar-refractivity contribution < 1.29 is 9.53 Å². The van der Waals surface area contributed by atoms with Crippen LogP contribution in [0, 0.1) is 0 Å². The highest BCUT2D eigenvalue weighted by molar-refractivity contribution is 5.64. The predicted molar refractivity (Wildman–Crippen MR) is 64.0 cm³/mol. The number of methoxy groups -OCH3 is 1. The summed E-state index contributed by atoms with van der Waals surface area (Å²) in [6.45, 7) is 2.22. The number of unbranched alkanes of at least 4 members (excludes halogenated alkanes) is 4. The highest BCUT2D eigenvalue weighted by Gasteiger charge is 2.03. The van der Waals surface area contributed by atoms with E-state index < -0.39 is 0 Å². The number of rotatable bonds is 10. The fraction of sp³-hybridized carbons (Fsp3) is 0.769. The van der Waals surface area contributed by atoms with Crippen molar-refractivity contribution in [1.29, 1.82) is 0 Å². The Bertz CT molecular complexity index is 164. The topological polar surface area (TPSA) is 26.3 Å². The van der Waals surface area contributed by atoms with Crippen LogP contribution in [0.3, 0.4) is 0 Å². The van der Waals surface area contributed by atoms with Crippen molar-refractivity contribution >= 4 is 6.29 Å². The highest BCUT2D eigenvalue weighted by Crippen LogP contribution is 2.11. The molecule has 0 bridgehead atoms. The van der Waals surface area contributed by atoms with Crippen molar-refractivity contribution in [3.63, 3.8) is 0 Å². The van der Waals surface area contributed by atoms with Crippen LogP contribution in [0.5, 0.6) is 0 Å². The van der Waals surface area contributed by atoms with Crippen molar-refractivity contribution in [3.05, 3.63) is 12.2 Å². The zero-order valence-corrected chi connectivity index (χ0v) is 10.1. The van der Waals surface area contributed by atoms with Crippen molar-refractivity contribution in [2.75, 3.05) is 7.11 Å². The Hall–Kier alpha value is -0.630. The normalized spacial score (nSPS) is 13.2. The SMILES string of the molecule is CCCCCCCC(CC=CC=O)OC. The molecule has 0 saturated heterocycles. The maximum Gasteiger partial charge on any atom is 0.142 e. The summed E-state index contributed by atoms with van der Waals surface area (Å²) in [4.78, 5) is 10.1. The van der Waals surface area contributed by atoms with Gasteiger partial charge in [-0.2, -0.15) is 0 Å². The summed E-state index contributed by atoms with van der Waals surface area (Å²) in [5.41, 5.74) is 0. The lowest BCUT2D eigenvalue weighted by Crippen LogP contribution is -2.08. The molecule has 0 aromatic rings. The minimum absolute atomic E-state index is 0.280. The van der Waals surface area contributed by atoms with Gasteiger partial charge in [0.1, 0.15) is 6.29 Å². The summed E-state index contributed by atoms with van der Waals surface area (Å²) in [6, 6.07) is 0. The first-order valence-electron chi connectivity index (χ1n) is 5.98. The van der Waals surface area contributed by atoms with E-state index in [2.05, 4.69) is 6.92 Å². The highest BCUT2D eigenvalue weighted by atomic mass is 16.5. The van der Waals surface area contributed by atoms with Crippen LogP contribution in [0.1, 0.15) is 51.9 Å². The molecule has 0 saturated carbocycles. The van der Waals surface area contributed by atoms with Gasteiger partial charge in [0.05, 0.1) is 6.10 Å². The molecule has 0 aromatic carbocycles. The second kappa shape index (κ2) is 11.4. The van der Waals surface area contributed by atoms with Crippen LogP contribution in [0.4, 0.5) is 0 Å². The van der Waals surface area contributed by atoms with Crippen molar-refractivity contribution in [1.82, 2.24) is 0 Å². The molecule has 0 radical (unpaired) electrons. The van der Waals surface area contributed by atoms with Gasteiger partial charge in [0, 0.05) is 7.11 Å². The predicted octanol–water partition coefficient (Wildman–Crippen LogP) is 3.51. The van der Waals surface area contributed by atoms with E-state index in [1.54, 1.807) is 13.2 Å². The second-order valence-electron chi connectivity index (χ2n) is 3.86. The van der Waals surface area contributed by atoms with Crippen LogP contribution in [0.25, 0.3) is 0 Å². The monoisotopic (exact) mass is 212 g/mol. The van der Waals surface area contributed by atoms with Crippen molar-refractivity contribution in [3.8, 4) is 0 Å². The van der Waals surface area contributed by atoms with E-state index in [0.717, 1.165) is 19.1 Å². The third-order valence-corrected chi connectivity index (χ3v) is 2.58. The molecule has 2 nitrogen and oxygen atoms in total. The number of allylic oxidation sites excluding steroid dienone is 1. The third-order valence-electron chi connectivity index (χ3n) is 2.58. The first kappa shape index (κ1) is 14.4. The van der Waals surface area contributed by atoms with E-state index in [1.165, 1.54) is 32.1 Å². The van der Waals surface area contributed by atoms with Crippen LogP contribution >= 0.6 is 0 Å². The first-order chi connectivity index (χ1) is 7.35. The molecule has 0 aliphatic heterocycles. The summed E-state index contributed by atoms with van der Waals surface area (Å²) >= 11 is 0. The van der Waals surface area contributed by atoms with Crippen LogP contribution in [-0.4, -0.2) is 19.5 Å². The molecule has 0 fully saturated rings. The van der Waals surface area contributed by atoms with Gasteiger partial charge in [0.25, 0.3) is 0 Å². The lowest BCUT2D eigenvalue weighted by Gasteiger charge is -2.12. The number of carbonyl (C=O) groups is 1. The van der Waals surface area contributed by atoms with Gasteiger partial charge < -0.3 is 4.74 Å². The summed E-state index contributed by atoms with van der Waals surface area (Å²) in [5, 5.41) is 0. The lowest BCUT2D eigenvalue weighted by molar-refractivity contribution is -0.104. The molecule has 0 heterocycles. The fourth-order valence-corrected chi connectivity index (χ4v) is 1.59. The van der Waals surface area contributed by atoms with Gasteiger partial charge in [-0.05, 0) is 18.9 Å². The standard InChI is InChI=1S/C13H24O2/c1-3-4-5-6-7-10-13(15-2)11-8-9-12-14/h8-9,12-13H,3-7,10-11H2,1-2H3. The fourth-order valence-electron chi connectivity index (χ4n) is 1.59. The number of aldehydes is 1. The van der Waals surface area contributed by atoms with Gasteiger partial charge in [0.15, 0.2) is 0 Å². The Balaban J connectivity index is 3.43. The molecule has 0 N–H and O–H groups in total. The van der Waals surface area contributed by atoms with Gasteiger partial charge >= 0.3 is 0 Å². The molecule has 88 valence electrons. The van der Waals surface area contributed by atoms with Crippen molar-refractivity contribution in [2.45, 2.75) is 58.0 Å². The number of ether oxygens (including phenoxy) is 1. The largest absolute Gasteiger partial charge is 0.381 e. The summed E-state index contributed by atoms with van der Waals surface area (Å²) < 4.78 is 5.34. The Morgan fingerprint density at radius 1 is 1.20 bits per heavy atom. The molecule has 0 amide bonds. The molecular weight excluding hydrogens is 188 g/mol. The van der Waals surface area contributed by atoms with Crippen LogP contribution in [0.2, 0.25) is 0 Å². The molecule has 1 atom stereocenters. The van der Waals surface area contributed by atoms with E-state index in [1.807, 2.05) is 6.08 Å². The average molecular weight is 212 g/mol. The number of hydrogen-bond acceptors (Lipinski definition) is 2. The molecule has 2 heteroatoms. The van der Waals surface area contributed by atoms with E-state index in [0.29, 0.717) is 0 Å². The molecule has 15 heavy (non-hydrogen) atoms. The van der Waals surface area contributed by atoms with E-state index in [4.69, 9.17) is 4.74 Å². The minimum Gasteiger partial charge on any atom is -0.381 e. The van der Waals surface area contributed by atoms with Crippen molar-refractivity contribution in [2.24, 2.45) is 0 Å². The zero-order chi connectivity index (χ0) is 11.4. The van der Waals surface area contributed by atoms with E-state index >= 15 is 0 Å². The number of carbonyl (C=O) groups excluding carboxylic acids is 1. The minimum atomic E-state index is 0.280. The molecule has 0 aliphatic carbocycles. The quantitative estimate of drug-likeness (QED) is 0.315. The maximum absolute atomic E-state index is 10.1. The lowest BCUT2D eigenvalue weighted by atomic mass is 10.1. The molecule has 0 aliphatic rings. The van der Waals surface area contributed by atoms with Crippen LogP contribution in [0.15, 0.2) is 12.2 Å². The van der Waals surface area contributed by atoms with Gasteiger partial charge in [-0.15, -0.1) is 0 Å². The molecule has 0 rings (SSSR count). The molecule has 0 aromatic heterocycles. The number of hydrogen-bond donors (Lipinski definition) is 0. The summed E-state index contributed by atoms with van der Waals surface area (Å²) in [5.74, 6) is 0. The van der Waals surface area contributed by atoms with Crippen LogP contribution in [-0.2, 0) is 9.53 Å². The molecular formula is C13H24O2. The summed E-state index contributed by atoms with van der Waals surface area (Å²) in [6.07, 6.45) is 13.0. The van der Waals surface area contributed by atoms with Gasteiger partial charge in [-0.3, -0.25) is 4.79 Å². The Morgan fingerprint density at radius 2 is 1.93 bits per heavy atom. The third kappa shape index (κ3) is 9.67. The molecule has 0 spiro atoms. The van der Waals surface area contributed by atoms with Gasteiger partial charge in [0.2, 0.25) is 0 Å². The smallest absolute Gasteiger partial charge is 0.142 e. The Labute approximate surface area is 93.7 Å². The van der Waals surface area contributed by atoms with E-state index in [9.17, 15) is 4.79 Å². The molecule has 1 unspecified atom stereocenters.